The molecule has 5 heteroatoms. The fourth-order valence-electron chi connectivity index (χ4n) is 2.32. The lowest BCUT2D eigenvalue weighted by Crippen LogP contribution is -2.41. The standard InChI is InChI=1S/C15H23N3O2/c1-12(11-18-6-8-20-9-7-18)10-16-15(19)14-5-3-4-13(2)17-14/h3-5,12H,6-11H2,1-2H3,(H,16,19). The number of hydrogen-bond donors (Lipinski definition) is 1. The first-order valence-electron chi connectivity index (χ1n) is 7.17. The van der Waals surface area contributed by atoms with Crippen LogP contribution in [0.15, 0.2) is 18.2 Å². The molecule has 0 aliphatic carbocycles. The molecule has 0 aromatic carbocycles. The molecule has 1 atom stereocenters. The van der Waals surface area contributed by atoms with Crippen molar-refractivity contribution in [1.82, 2.24) is 15.2 Å². The zero-order valence-electron chi connectivity index (χ0n) is 12.3. The van der Waals surface area contributed by atoms with E-state index in [1.165, 1.54) is 0 Å². The fourth-order valence-corrected chi connectivity index (χ4v) is 2.32. The number of aryl methyl sites for hydroxylation is 1. The van der Waals surface area contributed by atoms with Crippen molar-refractivity contribution in [3.05, 3.63) is 29.6 Å². The molecule has 1 aliphatic heterocycles. The van der Waals surface area contributed by atoms with Crippen molar-refractivity contribution in [3.63, 3.8) is 0 Å². The van der Waals surface area contributed by atoms with E-state index in [1.54, 1.807) is 6.07 Å². The lowest BCUT2D eigenvalue weighted by atomic mass is 10.1. The summed E-state index contributed by atoms with van der Waals surface area (Å²) in [5.41, 5.74) is 1.35. The summed E-state index contributed by atoms with van der Waals surface area (Å²) < 4.78 is 5.33. The highest BCUT2D eigenvalue weighted by molar-refractivity contribution is 5.92. The number of nitrogens with one attached hydrogen (secondary N) is 1. The molecule has 1 saturated heterocycles. The minimum atomic E-state index is -0.0949. The molecule has 1 aromatic rings. The van der Waals surface area contributed by atoms with Crippen molar-refractivity contribution in [2.24, 2.45) is 5.92 Å². The van der Waals surface area contributed by atoms with E-state index in [2.05, 4.69) is 22.1 Å². The molecule has 110 valence electrons. The van der Waals surface area contributed by atoms with Gasteiger partial charge in [0.1, 0.15) is 5.69 Å². The zero-order valence-corrected chi connectivity index (χ0v) is 12.3. The van der Waals surface area contributed by atoms with Gasteiger partial charge in [0.2, 0.25) is 0 Å². The summed E-state index contributed by atoms with van der Waals surface area (Å²) in [5.74, 6) is 0.324. The van der Waals surface area contributed by atoms with Gasteiger partial charge in [-0.05, 0) is 25.0 Å². The Bertz CT molecular complexity index is 444. The number of pyridine rings is 1. The van der Waals surface area contributed by atoms with Crippen molar-refractivity contribution in [2.75, 3.05) is 39.4 Å². The van der Waals surface area contributed by atoms with Crippen molar-refractivity contribution < 1.29 is 9.53 Å². The second-order valence-corrected chi connectivity index (χ2v) is 5.39. The van der Waals surface area contributed by atoms with Crippen LogP contribution in [0.25, 0.3) is 0 Å². The number of ether oxygens (including phenoxy) is 1. The van der Waals surface area contributed by atoms with Gasteiger partial charge in [-0.25, -0.2) is 4.98 Å². The van der Waals surface area contributed by atoms with Crippen molar-refractivity contribution in [3.8, 4) is 0 Å². The Hall–Kier alpha value is -1.46. The van der Waals surface area contributed by atoms with Gasteiger partial charge in [-0.1, -0.05) is 13.0 Å². The van der Waals surface area contributed by atoms with Crippen LogP contribution in [0.2, 0.25) is 0 Å². The molecule has 1 N–H and O–H groups in total. The number of amides is 1. The zero-order chi connectivity index (χ0) is 14.4. The van der Waals surface area contributed by atoms with E-state index in [-0.39, 0.29) is 5.91 Å². The van der Waals surface area contributed by atoms with E-state index >= 15 is 0 Å². The Morgan fingerprint density at radius 1 is 1.45 bits per heavy atom. The van der Waals surface area contributed by atoms with Crippen LogP contribution < -0.4 is 5.32 Å². The molecular formula is C15H23N3O2. The fraction of sp³-hybridized carbons (Fsp3) is 0.600. The molecule has 1 unspecified atom stereocenters. The summed E-state index contributed by atoms with van der Waals surface area (Å²) >= 11 is 0. The van der Waals surface area contributed by atoms with Gasteiger partial charge in [0.25, 0.3) is 5.91 Å². The molecule has 2 heterocycles. The maximum Gasteiger partial charge on any atom is 0.269 e. The smallest absolute Gasteiger partial charge is 0.269 e. The van der Waals surface area contributed by atoms with Gasteiger partial charge in [-0.15, -0.1) is 0 Å². The van der Waals surface area contributed by atoms with Gasteiger partial charge >= 0.3 is 0 Å². The first kappa shape index (κ1) is 14.9. The van der Waals surface area contributed by atoms with E-state index in [1.807, 2.05) is 19.1 Å². The summed E-state index contributed by atoms with van der Waals surface area (Å²) in [7, 11) is 0. The second-order valence-electron chi connectivity index (χ2n) is 5.39. The molecule has 20 heavy (non-hydrogen) atoms. The van der Waals surface area contributed by atoms with E-state index < -0.39 is 0 Å². The molecule has 0 radical (unpaired) electrons. The molecule has 1 aromatic heterocycles. The highest BCUT2D eigenvalue weighted by atomic mass is 16.5. The third kappa shape index (κ3) is 4.58. The molecule has 0 spiro atoms. The van der Waals surface area contributed by atoms with E-state index in [4.69, 9.17) is 4.74 Å². The van der Waals surface area contributed by atoms with Crippen LogP contribution >= 0.6 is 0 Å². The van der Waals surface area contributed by atoms with Gasteiger partial charge in [-0.2, -0.15) is 0 Å². The Balaban J connectivity index is 1.75. The number of carbonyl (C=O) groups is 1. The number of carbonyl (C=O) groups excluding carboxylic acids is 1. The van der Waals surface area contributed by atoms with Crippen LogP contribution in [0.4, 0.5) is 0 Å². The Kier molecular flexibility index (Phi) is 5.49. The lowest BCUT2D eigenvalue weighted by Gasteiger charge is -2.29. The normalized spacial score (nSPS) is 17.7. The van der Waals surface area contributed by atoms with Gasteiger partial charge < -0.3 is 10.1 Å². The Morgan fingerprint density at radius 3 is 2.90 bits per heavy atom. The third-order valence-corrected chi connectivity index (χ3v) is 3.41. The van der Waals surface area contributed by atoms with Crippen LogP contribution in [0, 0.1) is 12.8 Å². The average Bonchev–Trinajstić information content (AvgIpc) is 2.46. The predicted octanol–water partition coefficient (Wildman–Crippen LogP) is 1.09. The number of hydrogen-bond acceptors (Lipinski definition) is 4. The third-order valence-electron chi connectivity index (χ3n) is 3.41. The number of nitrogens with zero attached hydrogens (tertiary/aromatic N) is 2. The summed E-state index contributed by atoms with van der Waals surface area (Å²) in [5, 5.41) is 2.96. The molecule has 1 amide bonds. The topological polar surface area (TPSA) is 54.5 Å². The maximum atomic E-state index is 12.0. The SMILES string of the molecule is Cc1cccc(C(=O)NCC(C)CN2CCOCC2)n1. The summed E-state index contributed by atoms with van der Waals surface area (Å²) in [6.45, 7) is 9.29. The predicted molar refractivity (Wildman–Crippen MR) is 77.7 cm³/mol. The molecule has 5 nitrogen and oxygen atoms in total. The van der Waals surface area contributed by atoms with Crippen LogP contribution in [-0.4, -0.2) is 55.2 Å². The highest BCUT2D eigenvalue weighted by Gasteiger charge is 2.15. The highest BCUT2D eigenvalue weighted by Crippen LogP contribution is 2.03. The molecule has 2 rings (SSSR count). The lowest BCUT2D eigenvalue weighted by molar-refractivity contribution is 0.0317. The molecule has 0 saturated carbocycles. The number of aromatic nitrogens is 1. The van der Waals surface area contributed by atoms with Crippen LogP contribution in [0.1, 0.15) is 23.1 Å². The average molecular weight is 277 g/mol. The maximum absolute atomic E-state index is 12.0. The van der Waals surface area contributed by atoms with Crippen molar-refractivity contribution >= 4 is 5.91 Å². The molecule has 0 bridgehead atoms. The molecule has 1 fully saturated rings. The van der Waals surface area contributed by atoms with Crippen LogP contribution in [-0.2, 0) is 4.74 Å². The largest absolute Gasteiger partial charge is 0.379 e. The molecular weight excluding hydrogens is 254 g/mol. The second kappa shape index (κ2) is 7.36. The van der Waals surface area contributed by atoms with Gasteiger partial charge in [0, 0.05) is 31.9 Å². The molecule has 1 aliphatic rings. The first-order chi connectivity index (χ1) is 9.65. The Labute approximate surface area is 120 Å². The van der Waals surface area contributed by atoms with Gasteiger partial charge in [-0.3, -0.25) is 9.69 Å². The van der Waals surface area contributed by atoms with Crippen LogP contribution in [0.3, 0.4) is 0 Å². The quantitative estimate of drug-likeness (QED) is 0.875. The van der Waals surface area contributed by atoms with Gasteiger partial charge in [0.15, 0.2) is 0 Å². The van der Waals surface area contributed by atoms with Crippen LogP contribution in [0.5, 0.6) is 0 Å². The monoisotopic (exact) mass is 277 g/mol. The Morgan fingerprint density at radius 2 is 2.20 bits per heavy atom. The minimum absolute atomic E-state index is 0.0949. The van der Waals surface area contributed by atoms with E-state index in [0.717, 1.165) is 38.5 Å². The first-order valence-corrected chi connectivity index (χ1v) is 7.17. The van der Waals surface area contributed by atoms with Gasteiger partial charge in [0.05, 0.1) is 13.2 Å². The van der Waals surface area contributed by atoms with E-state index in [9.17, 15) is 4.79 Å². The van der Waals surface area contributed by atoms with Crippen molar-refractivity contribution in [2.45, 2.75) is 13.8 Å². The number of morpholine rings is 1. The van der Waals surface area contributed by atoms with Crippen molar-refractivity contribution in [1.29, 1.82) is 0 Å². The number of rotatable bonds is 5. The minimum Gasteiger partial charge on any atom is -0.379 e. The summed E-state index contributed by atoms with van der Waals surface area (Å²) in [4.78, 5) is 18.6. The summed E-state index contributed by atoms with van der Waals surface area (Å²) in [6.07, 6.45) is 0. The van der Waals surface area contributed by atoms with E-state index in [0.29, 0.717) is 18.2 Å². The summed E-state index contributed by atoms with van der Waals surface area (Å²) in [6, 6.07) is 5.49.